The summed E-state index contributed by atoms with van der Waals surface area (Å²) in [6.45, 7) is 5.89. The second-order valence-electron chi connectivity index (χ2n) is 4.20. The Labute approximate surface area is 108 Å². The van der Waals surface area contributed by atoms with E-state index in [9.17, 15) is 0 Å². The summed E-state index contributed by atoms with van der Waals surface area (Å²) in [5.74, 6) is 0. The average Bonchev–Trinajstić information content (AvgIpc) is 2.35. The Kier molecular flexibility index (Phi) is 5.75. The lowest BCUT2D eigenvalue weighted by Gasteiger charge is -2.26. The van der Waals surface area contributed by atoms with E-state index in [1.807, 2.05) is 37.1 Å². The van der Waals surface area contributed by atoms with Crippen molar-refractivity contribution in [3.8, 4) is 0 Å². The normalized spacial score (nSPS) is 12.5. The van der Waals surface area contributed by atoms with Gasteiger partial charge in [0.1, 0.15) is 0 Å². The third-order valence-corrected chi connectivity index (χ3v) is 3.29. The van der Waals surface area contributed by atoms with Crippen LogP contribution in [0.2, 0.25) is 5.02 Å². The first kappa shape index (κ1) is 14.3. The Balaban J connectivity index is 2.80. The molecule has 1 rings (SSSR count). The number of nitrogens with one attached hydrogen (secondary N) is 1. The lowest BCUT2D eigenvalue weighted by atomic mass is 10.1. The molecule has 0 radical (unpaired) electrons. The smallest absolute Gasteiger partial charge is 0.0632 e. The monoisotopic (exact) mass is 256 g/mol. The van der Waals surface area contributed by atoms with Crippen molar-refractivity contribution in [1.82, 2.24) is 5.32 Å². The van der Waals surface area contributed by atoms with E-state index in [-0.39, 0.29) is 12.6 Å². The third kappa shape index (κ3) is 3.87. The van der Waals surface area contributed by atoms with Gasteiger partial charge in [-0.1, -0.05) is 24.6 Å². The molecule has 1 atom stereocenters. The lowest BCUT2D eigenvalue weighted by molar-refractivity contribution is 0.270. The number of nitrogens with zero attached hydrogens (tertiary/aromatic N) is 1. The number of aliphatic hydroxyl groups is 1. The fourth-order valence-corrected chi connectivity index (χ4v) is 1.78. The topological polar surface area (TPSA) is 35.5 Å². The molecule has 0 amide bonds. The Bertz CT molecular complexity index is 357. The van der Waals surface area contributed by atoms with Crippen molar-refractivity contribution in [3.05, 3.63) is 28.8 Å². The van der Waals surface area contributed by atoms with Crippen LogP contribution in [0.4, 0.5) is 5.69 Å². The summed E-state index contributed by atoms with van der Waals surface area (Å²) < 4.78 is 0. The van der Waals surface area contributed by atoms with E-state index >= 15 is 0 Å². The number of benzene rings is 1. The second kappa shape index (κ2) is 6.84. The summed E-state index contributed by atoms with van der Waals surface area (Å²) >= 11 is 6.23. The molecule has 1 aromatic carbocycles. The van der Waals surface area contributed by atoms with E-state index in [0.717, 1.165) is 29.4 Å². The van der Waals surface area contributed by atoms with Gasteiger partial charge in [-0.05, 0) is 31.2 Å². The van der Waals surface area contributed by atoms with Crippen molar-refractivity contribution < 1.29 is 5.11 Å². The largest absolute Gasteiger partial charge is 0.394 e. The quantitative estimate of drug-likeness (QED) is 0.820. The molecule has 96 valence electrons. The molecule has 3 nitrogen and oxygen atoms in total. The van der Waals surface area contributed by atoms with Crippen molar-refractivity contribution in [3.63, 3.8) is 0 Å². The molecule has 0 spiro atoms. The number of aliphatic hydroxyl groups excluding tert-OH is 1. The lowest BCUT2D eigenvalue weighted by Crippen LogP contribution is -2.31. The van der Waals surface area contributed by atoms with Gasteiger partial charge in [-0.25, -0.2) is 0 Å². The SMILES string of the molecule is CCNCc1ccc(N(C)C(C)CO)cc1Cl. The van der Waals surface area contributed by atoms with Crippen molar-refractivity contribution in [2.24, 2.45) is 0 Å². The van der Waals surface area contributed by atoms with Gasteiger partial charge in [0.05, 0.1) is 6.61 Å². The van der Waals surface area contributed by atoms with Crippen molar-refractivity contribution >= 4 is 17.3 Å². The predicted octanol–water partition coefficient (Wildman–Crippen LogP) is 2.27. The van der Waals surface area contributed by atoms with Crippen LogP contribution in [0.25, 0.3) is 0 Å². The molecule has 0 aromatic heterocycles. The highest BCUT2D eigenvalue weighted by molar-refractivity contribution is 6.31. The summed E-state index contributed by atoms with van der Waals surface area (Å²) in [4.78, 5) is 2.02. The van der Waals surface area contributed by atoms with E-state index in [2.05, 4.69) is 12.2 Å². The zero-order valence-corrected chi connectivity index (χ0v) is 11.5. The van der Waals surface area contributed by atoms with Crippen molar-refractivity contribution in [2.45, 2.75) is 26.4 Å². The number of halogens is 1. The van der Waals surface area contributed by atoms with Gasteiger partial charge in [0.2, 0.25) is 0 Å². The maximum atomic E-state index is 9.12. The van der Waals surface area contributed by atoms with Crippen LogP contribution in [-0.4, -0.2) is 31.3 Å². The highest BCUT2D eigenvalue weighted by Crippen LogP contribution is 2.24. The minimum absolute atomic E-state index is 0.0886. The number of hydrogen-bond acceptors (Lipinski definition) is 3. The first-order valence-electron chi connectivity index (χ1n) is 5.93. The molecule has 1 aromatic rings. The molecule has 0 aliphatic heterocycles. The van der Waals surface area contributed by atoms with Gasteiger partial charge in [0.25, 0.3) is 0 Å². The molecular weight excluding hydrogens is 236 g/mol. The van der Waals surface area contributed by atoms with Crippen LogP contribution in [-0.2, 0) is 6.54 Å². The van der Waals surface area contributed by atoms with Gasteiger partial charge in [-0.2, -0.15) is 0 Å². The van der Waals surface area contributed by atoms with Gasteiger partial charge < -0.3 is 15.3 Å². The van der Waals surface area contributed by atoms with Crippen LogP contribution in [0.5, 0.6) is 0 Å². The summed E-state index contributed by atoms with van der Waals surface area (Å²) in [6, 6.07) is 6.09. The van der Waals surface area contributed by atoms with Crippen molar-refractivity contribution in [2.75, 3.05) is 25.1 Å². The van der Waals surface area contributed by atoms with Crippen LogP contribution in [0.15, 0.2) is 18.2 Å². The molecule has 0 fully saturated rings. The van der Waals surface area contributed by atoms with Gasteiger partial charge in [-0.15, -0.1) is 0 Å². The number of hydrogen-bond donors (Lipinski definition) is 2. The Morgan fingerprint density at radius 2 is 2.18 bits per heavy atom. The predicted molar refractivity (Wildman–Crippen MR) is 73.8 cm³/mol. The highest BCUT2D eigenvalue weighted by Gasteiger charge is 2.10. The van der Waals surface area contributed by atoms with Gasteiger partial charge >= 0.3 is 0 Å². The zero-order valence-electron chi connectivity index (χ0n) is 10.7. The average molecular weight is 257 g/mol. The zero-order chi connectivity index (χ0) is 12.8. The van der Waals surface area contributed by atoms with E-state index in [1.54, 1.807) is 0 Å². The summed E-state index contributed by atoms with van der Waals surface area (Å²) in [5, 5.41) is 13.1. The van der Waals surface area contributed by atoms with Gasteiger partial charge in [0, 0.05) is 30.3 Å². The first-order chi connectivity index (χ1) is 8.10. The molecule has 0 aliphatic rings. The van der Waals surface area contributed by atoms with E-state index < -0.39 is 0 Å². The number of anilines is 1. The molecule has 0 bridgehead atoms. The molecular formula is C13H21ClN2O. The molecule has 2 N–H and O–H groups in total. The summed E-state index contributed by atoms with van der Waals surface area (Å²) in [6.07, 6.45) is 0. The van der Waals surface area contributed by atoms with E-state index in [0.29, 0.717) is 0 Å². The fourth-order valence-electron chi connectivity index (χ4n) is 1.54. The van der Waals surface area contributed by atoms with E-state index in [1.165, 1.54) is 0 Å². The van der Waals surface area contributed by atoms with Gasteiger partial charge in [-0.3, -0.25) is 0 Å². The standard InChI is InChI=1S/C13H21ClN2O/c1-4-15-8-11-5-6-12(7-13(11)14)16(3)10(2)9-17/h5-7,10,15,17H,4,8-9H2,1-3H3. The minimum Gasteiger partial charge on any atom is -0.394 e. The molecule has 17 heavy (non-hydrogen) atoms. The van der Waals surface area contributed by atoms with Gasteiger partial charge in [0.15, 0.2) is 0 Å². The Morgan fingerprint density at radius 3 is 2.71 bits per heavy atom. The Morgan fingerprint density at radius 1 is 1.47 bits per heavy atom. The molecule has 0 heterocycles. The van der Waals surface area contributed by atoms with Crippen LogP contribution >= 0.6 is 11.6 Å². The molecule has 0 aliphatic carbocycles. The minimum atomic E-state index is 0.0886. The first-order valence-corrected chi connectivity index (χ1v) is 6.30. The van der Waals surface area contributed by atoms with Crippen LogP contribution in [0.3, 0.4) is 0 Å². The molecule has 1 unspecified atom stereocenters. The maximum absolute atomic E-state index is 9.12. The molecule has 4 heteroatoms. The molecule has 0 saturated heterocycles. The van der Waals surface area contributed by atoms with Crippen LogP contribution in [0, 0.1) is 0 Å². The fraction of sp³-hybridized carbons (Fsp3) is 0.538. The number of likely N-dealkylation sites (N-methyl/N-ethyl adjacent to an activating group) is 1. The van der Waals surface area contributed by atoms with Crippen molar-refractivity contribution in [1.29, 1.82) is 0 Å². The Hall–Kier alpha value is -0.770. The summed E-state index contributed by atoms with van der Waals surface area (Å²) in [7, 11) is 1.95. The highest BCUT2D eigenvalue weighted by atomic mass is 35.5. The number of rotatable bonds is 6. The van der Waals surface area contributed by atoms with E-state index in [4.69, 9.17) is 16.7 Å². The second-order valence-corrected chi connectivity index (χ2v) is 4.61. The molecule has 0 saturated carbocycles. The maximum Gasteiger partial charge on any atom is 0.0632 e. The third-order valence-electron chi connectivity index (χ3n) is 2.93. The van der Waals surface area contributed by atoms with Crippen LogP contribution < -0.4 is 10.2 Å². The van der Waals surface area contributed by atoms with Crippen LogP contribution in [0.1, 0.15) is 19.4 Å². The summed E-state index contributed by atoms with van der Waals surface area (Å²) in [5.41, 5.74) is 2.12.